The lowest BCUT2D eigenvalue weighted by atomic mass is 10.0. The molecule has 1 aromatic rings. The maximum atomic E-state index is 6.29. The Balaban J connectivity index is 1.82. The van der Waals surface area contributed by atoms with Crippen LogP contribution in [0.2, 0.25) is 5.02 Å². The van der Waals surface area contributed by atoms with Crippen molar-refractivity contribution < 1.29 is 4.74 Å². The zero-order valence-electron chi connectivity index (χ0n) is 10.8. The largest absolute Gasteiger partial charge is 0.378 e. The van der Waals surface area contributed by atoms with E-state index in [4.69, 9.17) is 16.3 Å². The third kappa shape index (κ3) is 3.44. The molecule has 0 bridgehead atoms. The summed E-state index contributed by atoms with van der Waals surface area (Å²) in [5.74, 6) is 1.16. The fourth-order valence-electron chi connectivity index (χ4n) is 2.58. The molecule has 0 unspecified atom stereocenters. The second-order valence-electron chi connectivity index (χ2n) is 4.96. The van der Waals surface area contributed by atoms with E-state index in [1.165, 1.54) is 11.1 Å². The standard InChI is InChI=1S/C14H19ClN2OS/c15-12-6-10(13-9-18-3-1-17-13)5-11(7-12)14-8-16-2-4-19-14/h5-7,13-14,16-17H,1-4,8-9H2/t13-,14-/m0/s1. The maximum absolute atomic E-state index is 6.29. The number of hydrogen-bond acceptors (Lipinski definition) is 4. The van der Waals surface area contributed by atoms with Gasteiger partial charge in [0.05, 0.1) is 19.3 Å². The van der Waals surface area contributed by atoms with E-state index in [-0.39, 0.29) is 6.04 Å². The lowest BCUT2D eigenvalue weighted by Gasteiger charge is -2.27. The van der Waals surface area contributed by atoms with Gasteiger partial charge in [-0.15, -0.1) is 0 Å². The first-order valence-electron chi connectivity index (χ1n) is 6.77. The van der Waals surface area contributed by atoms with Crippen molar-refractivity contribution in [3.05, 3.63) is 34.3 Å². The molecule has 0 amide bonds. The zero-order valence-corrected chi connectivity index (χ0v) is 12.4. The number of halogens is 1. The predicted molar refractivity (Wildman–Crippen MR) is 81.1 cm³/mol. The van der Waals surface area contributed by atoms with Crippen molar-refractivity contribution >= 4 is 23.4 Å². The van der Waals surface area contributed by atoms with Gasteiger partial charge in [0, 0.05) is 35.7 Å². The van der Waals surface area contributed by atoms with Crippen LogP contribution in [-0.2, 0) is 4.74 Å². The van der Waals surface area contributed by atoms with Crippen LogP contribution in [0.5, 0.6) is 0 Å². The molecule has 2 aliphatic rings. The molecular weight excluding hydrogens is 280 g/mol. The Morgan fingerprint density at radius 3 is 2.84 bits per heavy atom. The Morgan fingerprint density at radius 2 is 2.11 bits per heavy atom. The first kappa shape index (κ1) is 13.7. The Labute approximate surface area is 123 Å². The molecule has 0 radical (unpaired) electrons. The number of hydrogen-bond donors (Lipinski definition) is 2. The molecule has 2 fully saturated rings. The third-order valence-corrected chi connectivity index (χ3v) is 5.07. The Morgan fingerprint density at radius 1 is 1.21 bits per heavy atom. The minimum atomic E-state index is 0.271. The molecule has 5 heteroatoms. The molecule has 3 nitrogen and oxygen atoms in total. The molecule has 3 rings (SSSR count). The summed E-state index contributed by atoms with van der Waals surface area (Å²) in [5.41, 5.74) is 2.57. The molecule has 1 aromatic carbocycles. The zero-order chi connectivity index (χ0) is 13.1. The van der Waals surface area contributed by atoms with Crippen LogP contribution in [-0.4, -0.2) is 38.6 Å². The van der Waals surface area contributed by atoms with Gasteiger partial charge in [0.1, 0.15) is 0 Å². The number of morpholine rings is 1. The highest BCUT2D eigenvalue weighted by molar-refractivity contribution is 7.99. The number of nitrogens with one attached hydrogen (secondary N) is 2. The molecule has 2 aliphatic heterocycles. The van der Waals surface area contributed by atoms with Crippen molar-refractivity contribution in [3.63, 3.8) is 0 Å². The van der Waals surface area contributed by atoms with E-state index in [0.29, 0.717) is 5.25 Å². The maximum Gasteiger partial charge on any atom is 0.0662 e. The van der Waals surface area contributed by atoms with Crippen LogP contribution in [0.15, 0.2) is 18.2 Å². The summed E-state index contributed by atoms with van der Waals surface area (Å²) in [7, 11) is 0. The van der Waals surface area contributed by atoms with Gasteiger partial charge >= 0.3 is 0 Å². The Kier molecular flexibility index (Phi) is 4.66. The van der Waals surface area contributed by atoms with E-state index < -0.39 is 0 Å². The van der Waals surface area contributed by atoms with E-state index in [1.807, 2.05) is 11.8 Å². The van der Waals surface area contributed by atoms with Gasteiger partial charge in [0.25, 0.3) is 0 Å². The van der Waals surface area contributed by atoms with Crippen molar-refractivity contribution in [2.24, 2.45) is 0 Å². The molecule has 104 valence electrons. The van der Waals surface area contributed by atoms with Crippen molar-refractivity contribution in [2.45, 2.75) is 11.3 Å². The topological polar surface area (TPSA) is 33.3 Å². The van der Waals surface area contributed by atoms with E-state index in [0.717, 1.165) is 43.6 Å². The normalized spacial score (nSPS) is 28.3. The smallest absolute Gasteiger partial charge is 0.0662 e. The SMILES string of the molecule is Clc1cc([C@@H]2COCCN2)cc([C@@H]2CNCCS2)c1. The summed E-state index contributed by atoms with van der Waals surface area (Å²) in [6.45, 7) is 4.57. The highest BCUT2D eigenvalue weighted by Gasteiger charge is 2.20. The monoisotopic (exact) mass is 298 g/mol. The third-order valence-electron chi connectivity index (χ3n) is 3.57. The fourth-order valence-corrected chi connectivity index (χ4v) is 3.94. The highest BCUT2D eigenvalue weighted by Crippen LogP contribution is 2.33. The molecule has 0 aliphatic carbocycles. The van der Waals surface area contributed by atoms with Gasteiger partial charge in [-0.3, -0.25) is 0 Å². The molecular formula is C14H19ClN2OS. The average molecular weight is 299 g/mol. The Bertz CT molecular complexity index is 395. The quantitative estimate of drug-likeness (QED) is 0.878. The molecule has 2 atom stereocenters. The van der Waals surface area contributed by atoms with Crippen LogP contribution in [0.25, 0.3) is 0 Å². The van der Waals surface area contributed by atoms with Crippen LogP contribution >= 0.6 is 23.4 Å². The van der Waals surface area contributed by atoms with Gasteiger partial charge in [0.2, 0.25) is 0 Å². The molecule has 2 saturated heterocycles. The van der Waals surface area contributed by atoms with Gasteiger partial charge in [-0.2, -0.15) is 11.8 Å². The predicted octanol–water partition coefficient (Wildman–Crippen LogP) is 2.38. The molecule has 0 aromatic heterocycles. The molecule has 0 spiro atoms. The number of benzene rings is 1. The first-order valence-corrected chi connectivity index (χ1v) is 8.19. The fraction of sp³-hybridized carbons (Fsp3) is 0.571. The van der Waals surface area contributed by atoms with Gasteiger partial charge in [-0.05, 0) is 23.3 Å². The summed E-state index contributed by atoms with van der Waals surface area (Å²) in [6.07, 6.45) is 0. The summed E-state index contributed by atoms with van der Waals surface area (Å²) in [5, 5.41) is 8.27. The summed E-state index contributed by atoms with van der Waals surface area (Å²) < 4.78 is 5.54. The molecule has 2 heterocycles. The van der Waals surface area contributed by atoms with Gasteiger partial charge in [-0.25, -0.2) is 0 Å². The highest BCUT2D eigenvalue weighted by atomic mass is 35.5. The van der Waals surface area contributed by atoms with Crippen molar-refractivity contribution in [2.75, 3.05) is 38.6 Å². The van der Waals surface area contributed by atoms with E-state index in [1.54, 1.807) is 0 Å². The van der Waals surface area contributed by atoms with Crippen LogP contribution in [0.4, 0.5) is 0 Å². The first-order chi connectivity index (χ1) is 9.33. The van der Waals surface area contributed by atoms with Gasteiger partial charge < -0.3 is 15.4 Å². The molecule has 0 saturated carbocycles. The van der Waals surface area contributed by atoms with Crippen LogP contribution in [0.3, 0.4) is 0 Å². The summed E-state index contributed by atoms with van der Waals surface area (Å²) in [4.78, 5) is 0. The second-order valence-corrected chi connectivity index (χ2v) is 6.71. The lowest BCUT2D eigenvalue weighted by Crippen LogP contribution is -2.34. The van der Waals surface area contributed by atoms with Crippen molar-refractivity contribution in [1.82, 2.24) is 10.6 Å². The van der Waals surface area contributed by atoms with E-state index in [9.17, 15) is 0 Å². The van der Waals surface area contributed by atoms with Gasteiger partial charge in [-0.1, -0.05) is 17.7 Å². The number of rotatable bonds is 2. The Hall–Kier alpha value is -0.260. The van der Waals surface area contributed by atoms with Crippen LogP contribution < -0.4 is 10.6 Å². The van der Waals surface area contributed by atoms with Crippen molar-refractivity contribution in [3.8, 4) is 0 Å². The van der Waals surface area contributed by atoms with E-state index >= 15 is 0 Å². The van der Waals surface area contributed by atoms with Crippen LogP contribution in [0, 0.1) is 0 Å². The van der Waals surface area contributed by atoms with Gasteiger partial charge in [0.15, 0.2) is 0 Å². The lowest BCUT2D eigenvalue weighted by molar-refractivity contribution is 0.0768. The summed E-state index contributed by atoms with van der Waals surface area (Å²) >= 11 is 8.30. The van der Waals surface area contributed by atoms with E-state index in [2.05, 4.69) is 28.8 Å². The molecule has 2 N–H and O–H groups in total. The number of thioether (sulfide) groups is 1. The molecule has 19 heavy (non-hydrogen) atoms. The average Bonchev–Trinajstić information content (AvgIpc) is 2.48. The summed E-state index contributed by atoms with van der Waals surface area (Å²) in [6, 6.07) is 6.70. The minimum Gasteiger partial charge on any atom is -0.378 e. The second kappa shape index (κ2) is 6.46. The van der Waals surface area contributed by atoms with Crippen LogP contribution in [0.1, 0.15) is 22.4 Å². The minimum absolute atomic E-state index is 0.271. The van der Waals surface area contributed by atoms with Crippen molar-refractivity contribution in [1.29, 1.82) is 0 Å². The number of ether oxygens (including phenoxy) is 1.